The molecule has 0 unspecified atom stereocenters. The molecule has 36 heavy (non-hydrogen) atoms. The number of nitro groups is 1. The Balaban J connectivity index is 1.50. The molecule has 0 aromatic heterocycles. The minimum Gasteiger partial charge on any atom is -0.494 e. The lowest BCUT2D eigenvalue weighted by Crippen LogP contribution is -2.29. The van der Waals surface area contributed by atoms with Crippen molar-refractivity contribution in [1.82, 2.24) is 0 Å². The normalized spacial score (nSPS) is 19.7. The van der Waals surface area contributed by atoms with Gasteiger partial charge in [0.1, 0.15) is 12.4 Å². The number of halogens is 2. The molecule has 5 rings (SSSR count). The predicted molar refractivity (Wildman–Crippen MR) is 142 cm³/mol. The molecule has 1 aliphatic heterocycles. The first-order chi connectivity index (χ1) is 17.4. The fourth-order valence-electron chi connectivity index (χ4n) is 5.07. The van der Waals surface area contributed by atoms with Crippen molar-refractivity contribution >= 4 is 38.9 Å². The van der Waals surface area contributed by atoms with E-state index in [1.165, 1.54) is 13.2 Å². The maximum Gasteiger partial charge on any atom is 0.273 e. The number of anilines is 1. The number of hydrogen-bond donors (Lipinski definition) is 1. The molecule has 0 bridgehead atoms. The lowest BCUT2D eigenvalue weighted by molar-refractivity contribution is -0.385. The molecule has 186 valence electrons. The van der Waals surface area contributed by atoms with Crippen molar-refractivity contribution in [3.8, 4) is 17.2 Å². The van der Waals surface area contributed by atoms with Crippen molar-refractivity contribution in [2.75, 3.05) is 19.5 Å². The Bertz CT molecular complexity index is 1360. The summed E-state index contributed by atoms with van der Waals surface area (Å²) in [6.45, 7) is 0.299. The molecular weight excluding hydrogens is 548 g/mol. The highest BCUT2D eigenvalue weighted by Gasteiger charge is 2.40. The zero-order valence-corrected chi connectivity index (χ0v) is 22.0. The summed E-state index contributed by atoms with van der Waals surface area (Å²) in [5, 5.41) is 15.8. The smallest absolute Gasteiger partial charge is 0.273 e. The molecule has 1 heterocycles. The summed E-state index contributed by atoms with van der Waals surface area (Å²) in [4.78, 5) is 11.1. The van der Waals surface area contributed by atoms with Gasteiger partial charge in [0.25, 0.3) is 5.69 Å². The van der Waals surface area contributed by atoms with Crippen molar-refractivity contribution in [2.45, 2.75) is 25.0 Å². The van der Waals surface area contributed by atoms with Crippen LogP contribution in [0.15, 0.2) is 65.2 Å². The molecule has 0 fully saturated rings. The molecule has 1 aliphatic carbocycles. The van der Waals surface area contributed by atoms with Gasteiger partial charge in [0, 0.05) is 22.6 Å². The Kier molecular flexibility index (Phi) is 6.81. The Morgan fingerprint density at radius 3 is 2.64 bits per heavy atom. The maximum absolute atomic E-state index is 11.5. The van der Waals surface area contributed by atoms with Gasteiger partial charge in [-0.1, -0.05) is 42.0 Å². The summed E-state index contributed by atoms with van der Waals surface area (Å²) >= 11 is 9.96. The summed E-state index contributed by atoms with van der Waals surface area (Å²) in [5.74, 6) is 1.84. The van der Waals surface area contributed by atoms with E-state index < -0.39 is 0 Å². The van der Waals surface area contributed by atoms with Crippen LogP contribution in [0.2, 0.25) is 5.02 Å². The van der Waals surface area contributed by atoms with Gasteiger partial charge in [0.05, 0.1) is 41.4 Å². The second-order valence-corrected chi connectivity index (χ2v) is 10.0. The van der Waals surface area contributed by atoms with E-state index in [4.69, 9.17) is 25.8 Å². The topological polar surface area (TPSA) is 82.9 Å². The largest absolute Gasteiger partial charge is 0.494 e. The fraction of sp³-hybridized carbons (Fsp3) is 0.259. The van der Waals surface area contributed by atoms with Crippen LogP contribution in [0.25, 0.3) is 0 Å². The first-order valence-corrected chi connectivity index (χ1v) is 12.6. The molecule has 1 N–H and O–H groups in total. The lowest BCUT2D eigenvalue weighted by atomic mass is 9.76. The van der Waals surface area contributed by atoms with Gasteiger partial charge >= 0.3 is 0 Å². The van der Waals surface area contributed by atoms with Crippen LogP contribution < -0.4 is 19.5 Å². The zero-order valence-electron chi connectivity index (χ0n) is 19.7. The SMILES string of the molecule is COc1cc([N+](=O)[O-])cc2c1N[C@H](c1cc(Br)c(OCc3ccccc3Cl)c(OC)c1)[C@@H]1CC=C[C@@H]21. The Morgan fingerprint density at radius 2 is 1.92 bits per heavy atom. The van der Waals surface area contributed by atoms with Gasteiger partial charge in [-0.3, -0.25) is 10.1 Å². The van der Waals surface area contributed by atoms with Gasteiger partial charge in [-0.25, -0.2) is 0 Å². The van der Waals surface area contributed by atoms with Gasteiger partial charge in [-0.2, -0.15) is 0 Å². The van der Waals surface area contributed by atoms with Crippen molar-refractivity contribution in [2.24, 2.45) is 5.92 Å². The monoisotopic (exact) mass is 570 g/mol. The van der Waals surface area contributed by atoms with E-state index >= 15 is 0 Å². The standard InChI is InChI=1S/C27H24BrClN2O5/c1-34-23-13-17(31(32)33)12-20-18-7-5-8-19(18)25(30-26(20)23)16-10-21(28)27(24(11-16)35-2)36-14-15-6-3-4-9-22(15)29/h3-7,9-13,18-19,25,30H,8,14H2,1-2H3/t18-,19-,25-/m1/s1. The highest BCUT2D eigenvalue weighted by Crippen LogP contribution is 2.54. The van der Waals surface area contributed by atoms with E-state index in [0.717, 1.165) is 33.3 Å². The fourth-order valence-corrected chi connectivity index (χ4v) is 5.84. The summed E-state index contributed by atoms with van der Waals surface area (Å²) < 4.78 is 18.1. The quantitative estimate of drug-likeness (QED) is 0.180. The van der Waals surface area contributed by atoms with E-state index in [-0.39, 0.29) is 28.5 Å². The number of rotatable bonds is 7. The van der Waals surface area contributed by atoms with Crippen LogP contribution in [0.3, 0.4) is 0 Å². The molecule has 0 radical (unpaired) electrons. The van der Waals surface area contributed by atoms with Crippen LogP contribution in [0, 0.1) is 16.0 Å². The van der Waals surface area contributed by atoms with Gasteiger partial charge in [0.2, 0.25) is 0 Å². The van der Waals surface area contributed by atoms with Crippen LogP contribution in [0.5, 0.6) is 17.2 Å². The van der Waals surface area contributed by atoms with Crippen molar-refractivity contribution in [3.63, 3.8) is 0 Å². The number of nitrogens with one attached hydrogen (secondary N) is 1. The number of nitrogens with zero attached hydrogens (tertiary/aromatic N) is 1. The lowest BCUT2D eigenvalue weighted by Gasteiger charge is -2.38. The molecule has 7 nitrogen and oxygen atoms in total. The number of non-ortho nitro benzene ring substituents is 1. The molecule has 0 saturated carbocycles. The van der Waals surface area contributed by atoms with Gasteiger partial charge in [-0.05, 0) is 57.6 Å². The summed E-state index contributed by atoms with van der Waals surface area (Å²) in [5.41, 5.74) is 3.56. The van der Waals surface area contributed by atoms with E-state index in [0.29, 0.717) is 28.9 Å². The molecule has 0 spiro atoms. The number of methoxy groups -OCH3 is 2. The number of fused-ring (bicyclic) bond motifs is 3. The summed E-state index contributed by atoms with van der Waals surface area (Å²) in [7, 11) is 3.14. The van der Waals surface area contributed by atoms with Crippen LogP contribution in [0.4, 0.5) is 11.4 Å². The van der Waals surface area contributed by atoms with Crippen molar-refractivity contribution in [3.05, 3.63) is 97.0 Å². The first kappa shape index (κ1) is 24.5. The molecule has 0 saturated heterocycles. The van der Waals surface area contributed by atoms with Crippen molar-refractivity contribution in [1.29, 1.82) is 0 Å². The number of ether oxygens (including phenoxy) is 3. The van der Waals surface area contributed by atoms with Crippen LogP contribution >= 0.6 is 27.5 Å². The number of benzene rings is 3. The first-order valence-electron chi connectivity index (χ1n) is 11.4. The minimum absolute atomic E-state index is 0.0225. The van der Waals surface area contributed by atoms with E-state index in [9.17, 15) is 10.1 Å². The minimum atomic E-state index is -0.383. The van der Waals surface area contributed by atoms with Gasteiger partial charge < -0.3 is 19.5 Å². The molecule has 3 aromatic carbocycles. The average Bonchev–Trinajstić information content (AvgIpc) is 3.37. The third kappa shape index (κ3) is 4.40. The predicted octanol–water partition coefficient (Wildman–Crippen LogP) is 7.43. The summed E-state index contributed by atoms with van der Waals surface area (Å²) in [6, 6.07) is 14.6. The third-order valence-corrected chi connectivity index (χ3v) is 7.75. The Morgan fingerprint density at radius 1 is 1.14 bits per heavy atom. The maximum atomic E-state index is 11.5. The number of hydrogen-bond acceptors (Lipinski definition) is 6. The Hall–Kier alpha value is -3.23. The van der Waals surface area contributed by atoms with E-state index in [2.05, 4.69) is 33.4 Å². The molecule has 3 aromatic rings. The van der Waals surface area contributed by atoms with Crippen molar-refractivity contribution < 1.29 is 19.1 Å². The highest BCUT2D eigenvalue weighted by molar-refractivity contribution is 9.10. The molecule has 3 atom stereocenters. The van der Waals surface area contributed by atoms with Crippen LogP contribution in [-0.2, 0) is 6.61 Å². The van der Waals surface area contributed by atoms with Crippen LogP contribution in [0.1, 0.15) is 35.1 Å². The summed E-state index contributed by atoms with van der Waals surface area (Å²) in [6.07, 6.45) is 5.11. The van der Waals surface area contributed by atoms with Gasteiger partial charge in [-0.15, -0.1) is 0 Å². The highest BCUT2D eigenvalue weighted by atomic mass is 79.9. The Labute approximate surface area is 222 Å². The second kappa shape index (κ2) is 10.0. The number of allylic oxidation sites excluding steroid dienone is 2. The zero-order chi connectivity index (χ0) is 25.4. The van der Waals surface area contributed by atoms with Crippen LogP contribution in [-0.4, -0.2) is 19.1 Å². The van der Waals surface area contributed by atoms with Gasteiger partial charge in [0.15, 0.2) is 11.5 Å². The molecule has 0 amide bonds. The molecule has 2 aliphatic rings. The van der Waals surface area contributed by atoms with E-state index in [1.54, 1.807) is 13.2 Å². The second-order valence-electron chi connectivity index (χ2n) is 8.76. The van der Waals surface area contributed by atoms with E-state index in [1.807, 2.05) is 36.4 Å². The molecule has 9 heteroatoms. The molecular formula is C27H24BrClN2O5. The average molecular weight is 572 g/mol. The number of nitro benzene ring substituents is 1. The third-order valence-electron chi connectivity index (χ3n) is 6.79.